The second kappa shape index (κ2) is 11.4. The highest BCUT2D eigenvalue weighted by Gasteiger charge is 2.44. The molecule has 0 unspecified atom stereocenters. The standard InChI is InChI=1S/C31H31ClN2O5/c1-36-25-14-8-19(17-27(25)38-3)16-21-6-5-7-24-29(21)33-34(31(35)20-9-12-23(32)13-10-20)30(24)22-11-15-26(37-2)28(18-22)39-4/h8-18,24,30H,5-7H2,1-4H3/b21-16+/t24-,30-/m0/s1. The first kappa shape index (κ1) is 26.6. The van der Waals surface area contributed by atoms with Gasteiger partial charge in [0.1, 0.15) is 0 Å². The highest BCUT2D eigenvalue weighted by Crippen LogP contribution is 2.46. The Hall–Kier alpha value is -3.97. The van der Waals surface area contributed by atoms with E-state index in [1.165, 1.54) is 0 Å². The molecule has 7 nitrogen and oxygen atoms in total. The van der Waals surface area contributed by atoms with Gasteiger partial charge in [-0.15, -0.1) is 0 Å². The second-order valence-electron chi connectivity index (χ2n) is 9.48. The number of benzene rings is 3. The summed E-state index contributed by atoms with van der Waals surface area (Å²) in [5, 5.41) is 7.19. The van der Waals surface area contributed by atoms with Crippen LogP contribution in [0, 0.1) is 5.92 Å². The molecule has 39 heavy (non-hydrogen) atoms. The van der Waals surface area contributed by atoms with Crippen molar-refractivity contribution in [2.45, 2.75) is 25.3 Å². The van der Waals surface area contributed by atoms with E-state index in [1.54, 1.807) is 57.7 Å². The summed E-state index contributed by atoms with van der Waals surface area (Å²) in [5.41, 5.74) is 4.48. The summed E-state index contributed by atoms with van der Waals surface area (Å²) in [6, 6.07) is 18.3. The zero-order valence-corrected chi connectivity index (χ0v) is 23.2. The van der Waals surface area contributed by atoms with Gasteiger partial charge in [-0.3, -0.25) is 4.79 Å². The Morgan fingerprint density at radius 2 is 1.51 bits per heavy atom. The highest BCUT2D eigenvalue weighted by atomic mass is 35.5. The fraction of sp³-hybridized carbons (Fsp3) is 0.290. The van der Waals surface area contributed by atoms with Crippen molar-refractivity contribution in [1.82, 2.24) is 5.01 Å². The van der Waals surface area contributed by atoms with Crippen molar-refractivity contribution in [3.8, 4) is 23.0 Å². The summed E-state index contributed by atoms with van der Waals surface area (Å²) in [4.78, 5) is 13.9. The molecule has 5 rings (SSSR count). The quantitative estimate of drug-likeness (QED) is 0.325. The van der Waals surface area contributed by atoms with Gasteiger partial charge in [0, 0.05) is 16.5 Å². The van der Waals surface area contributed by atoms with Crippen LogP contribution < -0.4 is 18.9 Å². The van der Waals surface area contributed by atoms with Crippen LogP contribution in [-0.4, -0.2) is 45.1 Å². The summed E-state index contributed by atoms with van der Waals surface area (Å²) in [6.07, 6.45) is 4.89. The number of carbonyl (C=O) groups is 1. The van der Waals surface area contributed by atoms with Crippen molar-refractivity contribution >= 4 is 29.3 Å². The van der Waals surface area contributed by atoms with Crippen LogP contribution in [0.2, 0.25) is 5.02 Å². The molecule has 2 atom stereocenters. The molecule has 1 aliphatic heterocycles. The Morgan fingerprint density at radius 1 is 0.872 bits per heavy atom. The lowest BCUT2D eigenvalue weighted by molar-refractivity contribution is 0.0680. The van der Waals surface area contributed by atoms with Gasteiger partial charge < -0.3 is 18.9 Å². The van der Waals surface area contributed by atoms with Crippen LogP contribution in [0.4, 0.5) is 0 Å². The molecule has 1 amide bonds. The van der Waals surface area contributed by atoms with E-state index in [4.69, 9.17) is 35.6 Å². The third-order valence-corrected chi connectivity index (χ3v) is 7.55. The highest BCUT2D eigenvalue weighted by molar-refractivity contribution is 6.30. The van der Waals surface area contributed by atoms with E-state index < -0.39 is 0 Å². The van der Waals surface area contributed by atoms with Crippen LogP contribution in [0.1, 0.15) is 46.8 Å². The zero-order chi connectivity index (χ0) is 27.5. The van der Waals surface area contributed by atoms with Gasteiger partial charge >= 0.3 is 0 Å². The van der Waals surface area contributed by atoms with Crippen LogP contribution in [0.3, 0.4) is 0 Å². The summed E-state index contributed by atoms with van der Waals surface area (Å²) in [7, 11) is 6.46. The first-order valence-electron chi connectivity index (χ1n) is 12.8. The Kier molecular flexibility index (Phi) is 7.79. The van der Waals surface area contributed by atoms with E-state index in [1.807, 2.05) is 36.4 Å². The molecule has 0 radical (unpaired) electrons. The fourth-order valence-electron chi connectivity index (χ4n) is 5.41. The molecule has 1 fully saturated rings. The maximum atomic E-state index is 13.9. The molecule has 0 bridgehead atoms. The van der Waals surface area contributed by atoms with Gasteiger partial charge in [-0.2, -0.15) is 5.10 Å². The average Bonchev–Trinajstić information content (AvgIpc) is 3.37. The number of allylic oxidation sites excluding steroid dienone is 1. The Morgan fingerprint density at radius 3 is 2.18 bits per heavy atom. The Labute approximate surface area is 233 Å². The predicted molar refractivity (Wildman–Crippen MR) is 152 cm³/mol. The molecule has 1 aliphatic carbocycles. The van der Waals surface area contributed by atoms with Crippen molar-refractivity contribution in [3.05, 3.63) is 87.9 Å². The number of nitrogens with zero attached hydrogens (tertiary/aromatic N) is 2. The van der Waals surface area contributed by atoms with Crippen molar-refractivity contribution in [1.29, 1.82) is 0 Å². The van der Waals surface area contributed by atoms with Gasteiger partial charge in [-0.25, -0.2) is 5.01 Å². The summed E-state index contributed by atoms with van der Waals surface area (Å²) >= 11 is 6.10. The number of carbonyl (C=O) groups excluding carboxylic acids is 1. The van der Waals surface area contributed by atoms with Crippen LogP contribution in [0.15, 0.2) is 71.3 Å². The van der Waals surface area contributed by atoms with Gasteiger partial charge in [0.25, 0.3) is 5.91 Å². The van der Waals surface area contributed by atoms with Crippen LogP contribution in [0.5, 0.6) is 23.0 Å². The Bertz CT molecular complexity index is 1430. The van der Waals surface area contributed by atoms with Crippen LogP contribution in [-0.2, 0) is 0 Å². The van der Waals surface area contributed by atoms with Crippen molar-refractivity contribution in [3.63, 3.8) is 0 Å². The first-order valence-corrected chi connectivity index (χ1v) is 13.2. The molecule has 0 saturated heterocycles. The van der Waals surface area contributed by atoms with E-state index >= 15 is 0 Å². The summed E-state index contributed by atoms with van der Waals surface area (Å²) in [5.74, 6) is 2.43. The second-order valence-corrected chi connectivity index (χ2v) is 9.92. The molecule has 1 heterocycles. The molecule has 3 aromatic carbocycles. The number of ether oxygens (including phenoxy) is 4. The van der Waals surface area contributed by atoms with Gasteiger partial charge in [-0.05, 0) is 90.6 Å². The fourth-order valence-corrected chi connectivity index (χ4v) is 5.53. The number of hydrogen-bond donors (Lipinski definition) is 0. The molecule has 0 spiro atoms. The third-order valence-electron chi connectivity index (χ3n) is 7.30. The van der Waals surface area contributed by atoms with Gasteiger partial charge in [0.2, 0.25) is 0 Å². The molecule has 1 saturated carbocycles. The third kappa shape index (κ3) is 5.19. The SMILES string of the molecule is COc1ccc(/C=C2\CCC[C@H]3C2=NN(C(=O)c2ccc(Cl)cc2)[C@H]3c2ccc(OC)c(OC)c2)cc1OC. The minimum Gasteiger partial charge on any atom is -0.493 e. The van der Waals surface area contributed by atoms with Gasteiger partial charge in [-0.1, -0.05) is 23.7 Å². The van der Waals surface area contributed by atoms with Crippen molar-refractivity contribution in [2.75, 3.05) is 28.4 Å². The predicted octanol–water partition coefficient (Wildman–Crippen LogP) is 6.81. The number of methoxy groups -OCH3 is 4. The molecule has 8 heteroatoms. The molecule has 202 valence electrons. The lowest BCUT2D eigenvalue weighted by atomic mass is 9.77. The van der Waals surface area contributed by atoms with Crippen LogP contribution in [0.25, 0.3) is 6.08 Å². The van der Waals surface area contributed by atoms with Gasteiger partial charge in [0.05, 0.1) is 40.2 Å². The average molecular weight is 547 g/mol. The Balaban J connectivity index is 1.59. The maximum absolute atomic E-state index is 13.9. The lowest BCUT2D eigenvalue weighted by Crippen LogP contribution is -2.32. The van der Waals surface area contributed by atoms with E-state index in [0.717, 1.165) is 41.7 Å². The number of hydrazone groups is 1. The van der Waals surface area contributed by atoms with E-state index in [2.05, 4.69) is 6.08 Å². The van der Waals surface area contributed by atoms with Gasteiger partial charge in [0.15, 0.2) is 23.0 Å². The summed E-state index contributed by atoms with van der Waals surface area (Å²) < 4.78 is 22.0. The summed E-state index contributed by atoms with van der Waals surface area (Å²) in [6.45, 7) is 0. The van der Waals surface area contributed by atoms with Crippen molar-refractivity contribution < 1.29 is 23.7 Å². The maximum Gasteiger partial charge on any atom is 0.274 e. The monoisotopic (exact) mass is 546 g/mol. The molecular formula is C31H31ClN2O5. The number of rotatable bonds is 7. The van der Waals surface area contributed by atoms with Crippen molar-refractivity contribution in [2.24, 2.45) is 11.0 Å². The molecule has 0 N–H and O–H groups in total. The minimum atomic E-state index is -0.294. The topological polar surface area (TPSA) is 69.6 Å². The molecule has 0 aromatic heterocycles. The first-order chi connectivity index (χ1) is 19.0. The molecule has 3 aromatic rings. The zero-order valence-electron chi connectivity index (χ0n) is 22.4. The number of amides is 1. The number of hydrogen-bond acceptors (Lipinski definition) is 6. The molecule has 2 aliphatic rings. The van der Waals surface area contributed by atoms with E-state index in [0.29, 0.717) is 33.6 Å². The number of halogens is 1. The van der Waals surface area contributed by atoms with E-state index in [-0.39, 0.29) is 17.9 Å². The smallest absolute Gasteiger partial charge is 0.274 e. The van der Waals surface area contributed by atoms with E-state index in [9.17, 15) is 4.79 Å². The normalized spacial score (nSPS) is 19.4. The largest absolute Gasteiger partial charge is 0.493 e. The minimum absolute atomic E-state index is 0.0273. The lowest BCUT2D eigenvalue weighted by Gasteiger charge is -2.30. The molecular weight excluding hydrogens is 516 g/mol. The van der Waals surface area contributed by atoms with Crippen LogP contribution >= 0.6 is 11.6 Å². The number of fused-ring (bicyclic) bond motifs is 1.